The first-order valence-electron chi connectivity index (χ1n) is 6.44. The minimum Gasteiger partial charge on any atom is -0.380 e. The highest BCUT2D eigenvalue weighted by atomic mass is 16.5. The van der Waals surface area contributed by atoms with Crippen LogP contribution in [0.25, 0.3) is 0 Å². The Morgan fingerprint density at radius 1 is 1.20 bits per heavy atom. The normalized spacial score (nSPS) is 10.3. The van der Waals surface area contributed by atoms with Gasteiger partial charge in [-0.25, -0.2) is 15.8 Å². The summed E-state index contributed by atoms with van der Waals surface area (Å²) in [7, 11) is 1.68. The average molecular weight is 273 g/mol. The van der Waals surface area contributed by atoms with Crippen molar-refractivity contribution in [1.82, 2.24) is 9.97 Å². The summed E-state index contributed by atoms with van der Waals surface area (Å²) in [4.78, 5) is 8.67. The van der Waals surface area contributed by atoms with Gasteiger partial charge in [-0.15, -0.1) is 0 Å². The van der Waals surface area contributed by atoms with Gasteiger partial charge in [0, 0.05) is 25.3 Å². The van der Waals surface area contributed by atoms with Crippen molar-refractivity contribution < 1.29 is 4.74 Å². The largest absolute Gasteiger partial charge is 0.380 e. The first-order chi connectivity index (χ1) is 9.75. The van der Waals surface area contributed by atoms with Crippen molar-refractivity contribution in [2.45, 2.75) is 20.0 Å². The molecule has 1 heterocycles. The molecule has 20 heavy (non-hydrogen) atoms. The number of aromatic nitrogens is 2. The highest BCUT2D eigenvalue weighted by Crippen LogP contribution is 2.18. The Hall–Kier alpha value is -2.18. The van der Waals surface area contributed by atoms with E-state index in [9.17, 15) is 0 Å². The Morgan fingerprint density at radius 2 is 2.00 bits per heavy atom. The molecular formula is C14H19N5O. The fourth-order valence-corrected chi connectivity index (χ4v) is 1.85. The van der Waals surface area contributed by atoms with Crippen LogP contribution in [0, 0.1) is 0 Å². The maximum Gasteiger partial charge on any atom is 0.145 e. The lowest BCUT2D eigenvalue weighted by atomic mass is 10.2. The summed E-state index contributed by atoms with van der Waals surface area (Å²) in [5.41, 5.74) is 4.59. The van der Waals surface area contributed by atoms with E-state index in [-0.39, 0.29) is 0 Å². The molecule has 2 aromatic rings. The maximum absolute atomic E-state index is 5.41. The molecular weight excluding hydrogens is 254 g/mol. The van der Waals surface area contributed by atoms with Crippen molar-refractivity contribution in [3.8, 4) is 0 Å². The third-order valence-electron chi connectivity index (χ3n) is 2.75. The number of nitrogens with zero attached hydrogens (tertiary/aromatic N) is 2. The Balaban J connectivity index is 2.22. The Morgan fingerprint density at radius 3 is 2.70 bits per heavy atom. The average Bonchev–Trinajstić information content (AvgIpc) is 2.47. The number of methoxy groups -OCH3 is 1. The van der Waals surface area contributed by atoms with E-state index >= 15 is 0 Å². The van der Waals surface area contributed by atoms with Gasteiger partial charge in [-0.1, -0.05) is 19.1 Å². The lowest BCUT2D eigenvalue weighted by Crippen LogP contribution is -2.11. The van der Waals surface area contributed by atoms with Gasteiger partial charge in [0.25, 0.3) is 0 Å². The van der Waals surface area contributed by atoms with Gasteiger partial charge in [0.1, 0.15) is 17.5 Å². The molecule has 0 radical (unpaired) electrons. The van der Waals surface area contributed by atoms with E-state index in [4.69, 9.17) is 10.6 Å². The number of hydrogen-bond acceptors (Lipinski definition) is 6. The summed E-state index contributed by atoms with van der Waals surface area (Å²) in [5, 5.41) is 3.25. The van der Waals surface area contributed by atoms with E-state index in [2.05, 4.69) is 20.7 Å². The first kappa shape index (κ1) is 14.2. The second kappa shape index (κ2) is 6.83. The van der Waals surface area contributed by atoms with Crippen LogP contribution in [0.15, 0.2) is 30.3 Å². The molecule has 0 atom stereocenters. The number of hydrogen-bond donors (Lipinski definition) is 3. The maximum atomic E-state index is 5.41. The van der Waals surface area contributed by atoms with Gasteiger partial charge in [-0.2, -0.15) is 0 Å². The van der Waals surface area contributed by atoms with Gasteiger partial charge in [0.15, 0.2) is 0 Å². The zero-order chi connectivity index (χ0) is 14.4. The number of rotatable bonds is 6. The van der Waals surface area contributed by atoms with Crippen LogP contribution in [0.2, 0.25) is 0 Å². The summed E-state index contributed by atoms with van der Waals surface area (Å²) >= 11 is 0. The number of nitrogens with two attached hydrogens (primary N) is 1. The van der Waals surface area contributed by atoms with Gasteiger partial charge >= 0.3 is 0 Å². The molecule has 0 aliphatic heterocycles. The molecule has 1 aromatic carbocycles. The monoisotopic (exact) mass is 273 g/mol. The van der Waals surface area contributed by atoms with Gasteiger partial charge in [0.2, 0.25) is 0 Å². The Kier molecular flexibility index (Phi) is 4.86. The Bertz CT molecular complexity index is 551. The second-order valence-electron chi connectivity index (χ2n) is 4.31. The Labute approximate surface area is 118 Å². The zero-order valence-corrected chi connectivity index (χ0v) is 11.7. The van der Waals surface area contributed by atoms with Crippen LogP contribution in [-0.2, 0) is 17.8 Å². The van der Waals surface area contributed by atoms with Gasteiger partial charge in [0.05, 0.1) is 6.61 Å². The van der Waals surface area contributed by atoms with Crippen molar-refractivity contribution in [3.63, 3.8) is 0 Å². The quantitative estimate of drug-likeness (QED) is 0.553. The summed E-state index contributed by atoms with van der Waals surface area (Å²) in [5.74, 6) is 7.45. The summed E-state index contributed by atoms with van der Waals surface area (Å²) in [6.07, 6.45) is 0.744. The van der Waals surface area contributed by atoms with Crippen molar-refractivity contribution in [2.24, 2.45) is 5.84 Å². The molecule has 0 amide bonds. The van der Waals surface area contributed by atoms with E-state index < -0.39 is 0 Å². The lowest BCUT2D eigenvalue weighted by molar-refractivity contribution is 0.185. The number of aryl methyl sites for hydroxylation is 1. The smallest absolute Gasteiger partial charge is 0.145 e. The van der Waals surface area contributed by atoms with E-state index in [0.717, 1.165) is 23.5 Å². The molecule has 4 N–H and O–H groups in total. The molecule has 0 saturated carbocycles. The molecule has 2 rings (SSSR count). The molecule has 6 nitrogen and oxygen atoms in total. The van der Waals surface area contributed by atoms with Crippen molar-refractivity contribution in [3.05, 3.63) is 41.7 Å². The highest BCUT2D eigenvalue weighted by Gasteiger charge is 2.03. The highest BCUT2D eigenvalue weighted by molar-refractivity contribution is 5.59. The molecule has 0 aliphatic carbocycles. The van der Waals surface area contributed by atoms with E-state index in [1.54, 1.807) is 13.2 Å². The topological polar surface area (TPSA) is 85.1 Å². The molecule has 0 spiro atoms. The van der Waals surface area contributed by atoms with Crippen LogP contribution >= 0.6 is 0 Å². The summed E-state index contributed by atoms with van der Waals surface area (Å²) < 4.78 is 5.13. The van der Waals surface area contributed by atoms with Crippen LogP contribution in [-0.4, -0.2) is 17.1 Å². The van der Waals surface area contributed by atoms with Gasteiger partial charge < -0.3 is 15.5 Å². The van der Waals surface area contributed by atoms with Crippen LogP contribution in [0.4, 0.5) is 17.3 Å². The van der Waals surface area contributed by atoms with Crippen LogP contribution < -0.4 is 16.6 Å². The van der Waals surface area contributed by atoms with Gasteiger partial charge in [-0.05, 0) is 17.7 Å². The van der Waals surface area contributed by atoms with Gasteiger partial charge in [-0.3, -0.25) is 0 Å². The third kappa shape index (κ3) is 3.66. The molecule has 6 heteroatoms. The predicted octanol–water partition coefficient (Wildman–Crippen LogP) is 2.21. The van der Waals surface area contributed by atoms with Crippen LogP contribution in [0.1, 0.15) is 18.3 Å². The fraction of sp³-hybridized carbons (Fsp3) is 0.286. The van der Waals surface area contributed by atoms with Crippen molar-refractivity contribution in [2.75, 3.05) is 17.9 Å². The van der Waals surface area contributed by atoms with E-state index in [1.807, 2.05) is 31.2 Å². The van der Waals surface area contributed by atoms with Crippen molar-refractivity contribution in [1.29, 1.82) is 0 Å². The third-order valence-corrected chi connectivity index (χ3v) is 2.75. The van der Waals surface area contributed by atoms with E-state index in [0.29, 0.717) is 18.2 Å². The number of nitrogens with one attached hydrogen (secondary N) is 2. The molecule has 0 saturated heterocycles. The minimum absolute atomic E-state index is 0.578. The molecule has 0 aliphatic rings. The van der Waals surface area contributed by atoms with E-state index in [1.165, 1.54) is 0 Å². The number of nitrogen functional groups attached to an aromatic ring is 1. The summed E-state index contributed by atoms with van der Waals surface area (Å²) in [6, 6.07) is 9.75. The van der Waals surface area contributed by atoms with Crippen LogP contribution in [0.5, 0.6) is 0 Å². The fourth-order valence-electron chi connectivity index (χ4n) is 1.85. The molecule has 0 unspecified atom stereocenters. The number of benzene rings is 1. The SMILES string of the molecule is CCc1nc(NN)cc(Nc2cccc(COC)c2)n1. The number of anilines is 3. The number of ether oxygens (including phenoxy) is 1. The van der Waals surface area contributed by atoms with Crippen molar-refractivity contribution >= 4 is 17.3 Å². The minimum atomic E-state index is 0.578. The summed E-state index contributed by atoms with van der Waals surface area (Å²) in [6.45, 7) is 2.58. The predicted molar refractivity (Wildman–Crippen MR) is 79.7 cm³/mol. The molecule has 106 valence electrons. The lowest BCUT2D eigenvalue weighted by Gasteiger charge is -2.10. The zero-order valence-electron chi connectivity index (χ0n) is 11.7. The molecule has 1 aromatic heterocycles. The molecule has 0 bridgehead atoms. The van der Waals surface area contributed by atoms with Crippen LogP contribution in [0.3, 0.4) is 0 Å². The number of hydrazine groups is 1. The molecule has 0 fully saturated rings. The first-order valence-corrected chi connectivity index (χ1v) is 6.44. The second-order valence-corrected chi connectivity index (χ2v) is 4.31. The standard InChI is InChI=1S/C14H19N5O/c1-3-12-17-13(8-14(18-12)19-15)16-11-6-4-5-10(7-11)9-20-2/h4-8H,3,9,15H2,1-2H3,(H2,16,17,18,19).